The molecule has 2 aliphatic rings. The Morgan fingerprint density at radius 2 is 2.04 bits per heavy atom. The molecule has 0 aliphatic carbocycles. The summed E-state index contributed by atoms with van der Waals surface area (Å²) >= 11 is 6.01. The summed E-state index contributed by atoms with van der Waals surface area (Å²) in [6.45, 7) is 2.81. The van der Waals surface area contributed by atoms with Gasteiger partial charge in [0.2, 0.25) is 0 Å². The maximum absolute atomic E-state index is 12.7. The Labute approximate surface area is 145 Å². The van der Waals surface area contributed by atoms with Gasteiger partial charge < -0.3 is 14.5 Å². The van der Waals surface area contributed by atoms with Crippen molar-refractivity contribution in [3.63, 3.8) is 0 Å². The van der Waals surface area contributed by atoms with Crippen LogP contribution in [0.15, 0.2) is 36.8 Å². The molecule has 2 aliphatic heterocycles. The SMILES string of the molecule is O=C(C1Cc2cc(Cl)ccc2O1)N1CCN(c2cnccn2)CC1. The number of benzene rings is 1. The number of fused-ring (bicyclic) bond motifs is 1. The van der Waals surface area contributed by atoms with Crippen LogP contribution in [0, 0.1) is 0 Å². The number of hydrogen-bond donors (Lipinski definition) is 0. The molecule has 1 unspecified atom stereocenters. The molecule has 6 nitrogen and oxygen atoms in total. The first-order valence-electron chi connectivity index (χ1n) is 7.95. The van der Waals surface area contributed by atoms with Gasteiger partial charge in [-0.25, -0.2) is 4.98 Å². The monoisotopic (exact) mass is 344 g/mol. The number of aromatic nitrogens is 2. The van der Waals surface area contributed by atoms with E-state index in [4.69, 9.17) is 16.3 Å². The van der Waals surface area contributed by atoms with Gasteiger partial charge in [-0.2, -0.15) is 0 Å². The Kier molecular flexibility index (Phi) is 3.98. The zero-order valence-electron chi connectivity index (χ0n) is 13.1. The molecule has 0 radical (unpaired) electrons. The number of ether oxygens (including phenoxy) is 1. The van der Waals surface area contributed by atoms with Crippen molar-refractivity contribution in [3.8, 4) is 5.75 Å². The van der Waals surface area contributed by atoms with Crippen LogP contribution < -0.4 is 9.64 Å². The second-order valence-electron chi connectivity index (χ2n) is 5.94. The lowest BCUT2D eigenvalue weighted by Crippen LogP contribution is -2.52. The smallest absolute Gasteiger partial charge is 0.264 e. The van der Waals surface area contributed by atoms with Gasteiger partial charge in [0.15, 0.2) is 6.10 Å². The topological polar surface area (TPSA) is 58.6 Å². The molecule has 124 valence electrons. The van der Waals surface area contributed by atoms with Gasteiger partial charge in [0.25, 0.3) is 5.91 Å². The van der Waals surface area contributed by atoms with E-state index >= 15 is 0 Å². The number of carbonyl (C=O) groups is 1. The minimum Gasteiger partial charge on any atom is -0.480 e. The molecule has 24 heavy (non-hydrogen) atoms. The van der Waals surface area contributed by atoms with Gasteiger partial charge in [-0.1, -0.05) is 11.6 Å². The van der Waals surface area contributed by atoms with E-state index in [2.05, 4.69) is 14.9 Å². The van der Waals surface area contributed by atoms with Crippen LogP contribution in [0.2, 0.25) is 5.02 Å². The highest BCUT2D eigenvalue weighted by molar-refractivity contribution is 6.30. The van der Waals surface area contributed by atoms with Crippen molar-refractivity contribution in [2.24, 2.45) is 0 Å². The summed E-state index contributed by atoms with van der Waals surface area (Å²) in [5.41, 5.74) is 0.999. The Bertz CT molecular complexity index is 748. The molecule has 0 bridgehead atoms. The molecule has 0 spiro atoms. The summed E-state index contributed by atoms with van der Waals surface area (Å²) in [4.78, 5) is 25.1. The second-order valence-corrected chi connectivity index (χ2v) is 6.38. The quantitative estimate of drug-likeness (QED) is 0.831. The van der Waals surface area contributed by atoms with Crippen molar-refractivity contribution in [2.75, 3.05) is 31.1 Å². The molecule has 0 N–H and O–H groups in total. The predicted octanol–water partition coefficient (Wildman–Crippen LogP) is 1.78. The first-order valence-corrected chi connectivity index (χ1v) is 8.33. The van der Waals surface area contributed by atoms with Crippen LogP contribution in [0.1, 0.15) is 5.56 Å². The molecular weight excluding hydrogens is 328 g/mol. The Morgan fingerprint density at radius 3 is 2.79 bits per heavy atom. The predicted molar refractivity (Wildman–Crippen MR) is 90.4 cm³/mol. The first kappa shape index (κ1) is 15.2. The number of carbonyl (C=O) groups excluding carboxylic acids is 1. The lowest BCUT2D eigenvalue weighted by Gasteiger charge is -2.36. The molecule has 1 aromatic heterocycles. The second kappa shape index (κ2) is 6.28. The van der Waals surface area contributed by atoms with Crippen LogP contribution >= 0.6 is 11.6 Å². The molecule has 7 heteroatoms. The zero-order valence-corrected chi connectivity index (χ0v) is 13.8. The van der Waals surface area contributed by atoms with Crippen LogP contribution in [0.25, 0.3) is 0 Å². The van der Waals surface area contributed by atoms with Gasteiger partial charge >= 0.3 is 0 Å². The van der Waals surface area contributed by atoms with E-state index in [1.54, 1.807) is 24.7 Å². The van der Waals surface area contributed by atoms with E-state index in [1.807, 2.05) is 17.0 Å². The summed E-state index contributed by atoms with van der Waals surface area (Å²) in [6, 6.07) is 5.49. The maximum atomic E-state index is 12.7. The Balaban J connectivity index is 1.37. The summed E-state index contributed by atoms with van der Waals surface area (Å²) < 4.78 is 5.80. The van der Waals surface area contributed by atoms with E-state index in [0.717, 1.165) is 30.2 Å². The minimum atomic E-state index is -0.443. The van der Waals surface area contributed by atoms with E-state index in [-0.39, 0.29) is 5.91 Å². The standard InChI is InChI=1S/C17H17ClN4O2/c18-13-1-2-14-12(9-13)10-15(24-14)17(23)22-7-5-21(6-8-22)16-11-19-3-4-20-16/h1-4,9,11,15H,5-8,10H2. The van der Waals surface area contributed by atoms with Gasteiger partial charge in [0.1, 0.15) is 11.6 Å². The lowest BCUT2D eigenvalue weighted by molar-refractivity contribution is -0.138. The Morgan fingerprint density at radius 1 is 1.21 bits per heavy atom. The molecule has 1 aromatic carbocycles. The molecular formula is C17H17ClN4O2. The summed E-state index contributed by atoms with van der Waals surface area (Å²) in [5.74, 6) is 1.65. The van der Waals surface area contributed by atoms with Gasteiger partial charge in [-0.3, -0.25) is 9.78 Å². The normalized spacial score (nSPS) is 19.8. The lowest BCUT2D eigenvalue weighted by atomic mass is 10.1. The number of anilines is 1. The average Bonchev–Trinajstić information content (AvgIpc) is 3.05. The maximum Gasteiger partial charge on any atom is 0.264 e. The van der Waals surface area contributed by atoms with E-state index in [0.29, 0.717) is 24.5 Å². The van der Waals surface area contributed by atoms with Crippen LogP contribution in [-0.4, -0.2) is 53.1 Å². The fourth-order valence-electron chi connectivity index (χ4n) is 3.17. The minimum absolute atomic E-state index is 0.0427. The Hall–Kier alpha value is -2.34. The summed E-state index contributed by atoms with van der Waals surface area (Å²) in [5, 5.41) is 0.669. The zero-order chi connectivity index (χ0) is 16.5. The summed E-state index contributed by atoms with van der Waals surface area (Å²) in [7, 11) is 0. The average molecular weight is 345 g/mol. The van der Waals surface area contributed by atoms with Gasteiger partial charge in [-0.05, 0) is 23.8 Å². The first-order chi connectivity index (χ1) is 11.7. The number of rotatable bonds is 2. The highest BCUT2D eigenvalue weighted by atomic mass is 35.5. The van der Waals surface area contributed by atoms with Crippen LogP contribution in [0.4, 0.5) is 5.82 Å². The largest absolute Gasteiger partial charge is 0.480 e. The number of nitrogens with zero attached hydrogens (tertiary/aromatic N) is 4. The summed E-state index contributed by atoms with van der Waals surface area (Å²) in [6.07, 6.45) is 5.23. The van der Waals surface area contributed by atoms with E-state index in [9.17, 15) is 4.79 Å². The fourth-order valence-corrected chi connectivity index (χ4v) is 3.36. The number of halogens is 1. The molecule has 1 saturated heterocycles. The molecule has 4 rings (SSSR count). The van der Waals surface area contributed by atoms with E-state index < -0.39 is 6.10 Å². The molecule has 1 atom stereocenters. The highest BCUT2D eigenvalue weighted by Gasteiger charge is 2.34. The molecule has 2 aromatic rings. The number of piperazine rings is 1. The molecule has 1 amide bonds. The fraction of sp³-hybridized carbons (Fsp3) is 0.353. The third kappa shape index (κ3) is 2.89. The van der Waals surface area contributed by atoms with E-state index in [1.165, 1.54) is 0 Å². The van der Waals surface area contributed by atoms with Gasteiger partial charge in [-0.15, -0.1) is 0 Å². The van der Waals surface area contributed by atoms with Crippen molar-refractivity contribution in [1.29, 1.82) is 0 Å². The third-order valence-corrected chi connectivity index (χ3v) is 4.67. The number of hydrogen-bond acceptors (Lipinski definition) is 5. The third-order valence-electron chi connectivity index (χ3n) is 4.44. The van der Waals surface area contributed by atoms with Crippen molar-refractivity contribution in [1.82, 2.24) is 14.9 Å². The van der Waals surface area contributed by atoms with Crippen LogP contribution in [0.3, 0.4) is 0 Å². The molecule has 1 fully saturated rings. The van der Waals surface area contributed by atoms with Gasteiger partial charge in [0, 0.05) is 50.0 Å². The molecule has 0 saturated carbocycles. The van der Waals surface area contributed by atoms with Gasteiger partial charge in [0.05, 0.1) is 6.20 Å². The van der Waals surface area contributed by atoms with Crippen molar-refractivity contribution < 1.29 is 9.53 Å². The van der Waals surface area contributed by atoms with Crippen molar-refractivity contribution in [2.45, 2.75) is 12.5 Å². The highest BCUT2D eigenvalue weighted by Crippen LogP contribution is 2.31. The van der Waals surface area contributed by atoms with Crippen LogP contribution in [0.5, 0.6) is 5.75 Å². The van der Waals surface area contributed by atoms with Crippen LogP contribution in [-0.2, 0) is 11.2 Å². The number of amides is 1. The van der Waals surface area contributed by atoms with Crippen molar-refractivity contribution in [3.05, 3.63) is 47.4 Å². The van der Waals surface area contributed by atoms with Crippen molar-refractivity contribution >= 4 is 23.3 Å². The molecule has 3 heterocycles.